The van der Waals surface area contributed by atoms with Gasteiger partial charge in [-0.1, -0.05) is 32.0 Å². The number of piperazine rings is 1. The third kappa shape index (κ3) is 5.97. The van der Waals surface area contributed by atoms with Gasteiger partial charge < -0.3 is 19.9 Å². The van der Waals surface area contributed by atoms with Gasteiger partial charge in [0.25, 0.3) is 0 Å². The van der Waals surface area contributed by atoms with E-state index >= 15 is 4.39 Å². The molecular weight excluding hydrogens is 532 g/mol. The maximum absolute atomic E-state index is 15.9. The summed E-state index contributed by atoms with van der Waals surface area (Å²) in [7, 11) is 3.44. The van der Waals surface area contributed by atoms with Crippen molar-refractivity contribution in [3.63, 3.8) is 0 Å². The number of hydrogen-bond acceptors (Lipinski definition) is 6. The SMILES string of the molecule is COc1cccc(F)c1-c1nc(NC=O)c(C(=Nc2c(SC)cccc2C(C)C)N2CCN(C)CC2C)cc1F. The molecule has 10 heteroatoms. The summed E-state index contributed by atoms with van der Waals surface area (Å²) >= 11 is 1.58. The number of para-hydroxylation sites is 1. The molecular formula is C30H35F2N5O2S. The number of benzene rings is 2. The molecule has 2 aromatic carbocycles. The first-order valence-corrected chi connectivity index (χ1v) is 14.4. The second kappa shape index (κ2) is 12.8. The van der Waals surface area contributed by atoms with E-state index in [4.69, 9.17) is 9.73 Å². The lowest BCUT2D eigenvalue weighted by atomic mass is 10.0. The van der Waals surface area contributed by atoms with Crippen LogP contribution in [0.5, 0.6) is 5.75 Å². The number of hydrogen-bond donors (Lipinski definition) is 1. The van der Waals surface area contributed by atoms with Crippen molar-refractivity contribution >= 4 is 35.5 Å². The van der Waals surface area contributed by atoms with Crippen LogP contribution < -0.4 is 10.1 Å². The molecule has 1 amide bonds. The van der Waals surface area contributed by atoms with Gasteiger partial charge in [0.05, 0.1) is 23.9 Å². The summed E-state index contributed by atoms with van der Waals surface area (Å²) in [5.74, 6) is -0.552. The largest absolute Gasteiger partial charge is 0.496 e. The molecule has 0 spiro atoms. The Hall–Kier alpha value is -3.50. The average Bonchev–Trinajstić information content (AvgIpc) is 2.93. The number of nitrogens with zero attached hydrogens (tertiary/aromatic N) is 4. The summed E-state index contributed by atoms with van der Waals surface area (Å²) in [6, 6.07) is 11.6. The lowest BCUT2D eigenvalue weighted by Crippen LogP contribution is -2.53. The van der Waals surface area contributed by atoms with Crippen molar-refractivity contribution in [2.24, 2.45) is 4.99 Å². The van der Waals surface area contributed by atoms with Crippen molar-refractivity contribution in [1.82, 2.24) is 14.8 Å². The monoisotopic (exact) mass is 567 g/mol. The number of amidine groups is 1. The highest BCUT2D eigenvalue weighted by Crippen LogP contribution is 2.39. The Morgan fingerprint density at radius 2 is 1.95 bits per heavy atom. The Morgan fingerprint density at radius 1 is 1.20 bits per heavy atom. The predicted octanol–water partition coefficient (Wildman–Crippen LogP) is 6.16. The molecule has 1 unspecified atom stereocenters. The molecule has 4 rings (SSSR count). The highest BCUT2D eigenvalue weighted by molar-refractivity contribution is 7.98. The van der Waals surface area contributed by atoms with Crippen molar-refractivity contribution in [2.45, 2.75) is 37.6 Å². The number of nitrogens with one attached hydrogen (secondary N) is 1. The Morgan fingerprint density at radius 3 is 2.60 bits per heavy atom. The van der Waals surface area contributed by atoms with Crippen molar-refractivity contribution in [2.75, 3.05) is 45.4 Å². The Labute approximate surface area is 238 Å². The molecule has 212 valence electrons. The highest BCUT2D eigenvalue weighted by atomic mass is 32.2. The lowest BCUT2D eigenvalue weighted by Gasteiger charge is -2.40. The minimum absolute atomic E-state index is 0.0416. The number of aliphatic imine (C=N–C) groups is 1. The first kappa shape index (κ1) is 29.5. The number of aromatic nitrogens is 1. The summed E-state index contributed by atoms with van der Waals surface area (Å²) in [5, 5.41) is 2.62. The van der Waals surface area contributed by atoms with Crippen LogP contribution in [0.15, 0.2) is 52.4 Å². The van der Waals surface area contributed by atoms with Crippen LogP contribution in [-0.4, -0.2) is 73.1 Å². The number of amides is 1. The first-order valence-electron chi connectivity index (χ1n) is 13.1. The normalized spacial score (nSPS) is 16.4. The molecule has 40 heavy (non-hydrogen) atoms. The van der Waals surface area contributed by atoms with E-state index in [1.807, 2.05) is 24.5 Å². The second-order valence-corrected chi connectivity index (χ2v) is 10.9. The van der Waals surface area contributed by atoms with Crippen molar-refractivity contribution < 1.29 is 18.3 Å². The number of carbonyl (C=O) groups is 1. The smallest absolute Gasteiger partial charge is 0.212 e. The van der Waals surface area contributed by atoms with Gasteiger partial charge in [0.1, 0.15) is 28.9 Å². The van der Waals surface area contributed by atoms with Crippen LogP contribution in [0, 0.1) is 11.6 Å². The maximum atomic E-state index is 15.9. The van der Waals surface area contributed by atoms with Crippen LogP contribution in [0.25, 0.3) is 11.3 Å². The van der Waals surface area contributed by atoms with Gasteiger partial charge in [-0.25, -0.2) is 18.8 Å². The lowest BCUT2D eigenvalue weighted by molar-refractivity contribution is -0.105. The minimum Gasteiger partial charge on any atom is -0.496 e. The number of pyridine rings is 1. The van der Waals surface area contributed by atoms with E-state index in [9.17, 15) is 9.18 Å². The van der Waals surface area contributed by atoms with Gasteiger partial charge in [-0.3, -0.25) is 4.79 Å². The summed E-state index contributed by atoms with van der Waals surface area (Å²) in [4.78, 5) is 26.7. The fourth-order valence-electron chi connectivity index (χ4n) is 5.03. The third-order valence-electron chi connectivity index (χ3n) is 7.04. The van der Waals surface area contributed by atoms with Crippen LogP contribution in [-0.2, 0) is 4.79 Å². The summed E-state index contributed by atoms with van der Waals surface area (Å²) < 4.78 is 36.2. The van der Waals surface area contributed by atoms with E-state index in [0.29, 0.717) is 24.4 Å². The number of methoxy groups -OCH3 is 1. The van der Waals surface area contributed by atoms with Crippen molar-refractivity contribution in [3.05, 3.63) is 65.2 Å². The van der Waals surface area contributed by atoms with E-state index in [2.05, 4.69) is 47.9 Å². The fourth-order valence-corrected chi connectivity index (χ4v) is 5.61. The van der Waals surface area contributed by atoms with Gasteiger partial charge in [0, 0.05) is 30.6 Å². The number of rotatable bonds is 8. The zero-order chi connectivity index (χ0) is 29.0. The van der Waals surface area contributed by atoms with Crippen LogP contribution in [0.4, 0.5) is 20.3 Å². The number of likely N-dealkylation sites (N-methyl/N-ethyl adjacent to an activating group) is 1. The van der Waals surface area contributed by atoms with E-state index in [1.54, 1.807) is 11.8 Å². The van der Waals surface area contributed by atoms with Crippen molar-refractivity contribution in [3.8, 4) is 17.0 Å². The molecule has 0 radical (unpaired) electrons. The molecule has 2 heterocycles. The summed E-state index contributed by atoms with van der Waals surface area (Å²) in [6.45, 7) is 8.49. The zero-order valence-corrected chi connectivity index (χ0v) is 24.5. The van der Waals surface area contributed by atoms with E-state index in [1.165, 1.54) is 31.4 Å². The topological polar surface area (TPSA) is 70.1 Å². The number of ether oxygens (including phenoxy) is 1. The number of thioether (sulfide) groups is 1. The van der Waals surface area contributed by atoms with Crippen LogP contribution in [0.3, 0.4) is 0 Å². The molecule has 1 fully saturated rings. The molecule has 3 aromatic rings. The molecule has 1 saturated heterocycles. The molecule has 1 aromatic heterocycles. The maximum Gasteiger partial charge on any atom is 0.212 e. The zero-order valence-electron chi connectivity index (χ0n) is 23.7. The highest BCUT2D eigenvalue weighted by Gasteiger charge is 2.30. The fraction of sp³-hybridized carbons (Fsp3) is 0.367. The molecule has 1 aliphatic rings. The molecule has 0 saturated carbocycles. The molecule has 1 atom stereocenters. The third-order valence-corrected chi connectivity index (χ3v) is 7.81. The van der Waals surface area contributed by atoms with Crippen LogP contribution >= 0.6 is 11.8 Å². The van der Waals surface area contributed by atoms with E-state index in [-0.39, 0.29) is 34.8 Å². The van der Waals surface area contributed by atoms with Gasteiger partial charge in [-0.2, -0.15) is 0 Å². The standard InChI is InChI=1S/C30H35F2N5O2S/c1-18(2)20-9-7-12-25(40-6)27(20)35-30(37-14-13-36(4)16-19(37)3)21-15-23(32)28(34-29(21)33-17-38)26-22(31)10-8-11-24(26)39-5/h7-12,15,17-19H,13-14,16H2,1-6H3,(H,33,34,38). The van der Waals surface area contributed by atoms with Gasteiger partial charge in [-0.15, -0.1) is 11.8 Å². The quantitative estimate of drug-likeness (QED) is 0.152. The molecule has 1 N–H and O–H groups in total. The van der Waals surface area contributed by atoms with Crippen LogP contribution in [0.2, 0.25) is 0 Å². The van der Waals surface area contributed by atoms with Gasteiger partial charge >= 0.3 is 0 Å². The Kier molecular flexibility index (Phi) is 9.42. The van der Waals surface area contributed by atoms with E-state index < -0.39 is 11.6 Å². The molecule has 0 bridgehead atoms. The Balaban J connectivity index is 2.01. The molecule has 0 aliphatic carbocycles. The minimum atomic E-state index is -0.758. The predicted molar refractivity (Wildman–Crippen MR) is 158 cm³/mol. The van der Waals surface area contributed by atoms with Crippen LogP contribution in [0.1, 0.15) is 37.8 Å². The van der Waals surface area contributed by atoms with Crippen molar-refractivity contribution in [1.29, 1.82) is 0 Å². The Bertz CT molecular complexity index is 1420. The first-order chi connectivity index (χ1) is 19.2. The molecule has 7 nitrogen and oxygen atoms in total. The summed E-state index contributed by atoms with van der Waals surface area (Å²) in [5.41, 5.74) is 1.77. The van der Waals surface area contributed by atoms with E-state index in [0.717, 1.165) is 29.2 Å². The second-order valence-electron chi connectivity index (χ2n) is 10.1. The van der Waals surface area contributed by atoms with Gasteiger partial charge in [0.2, 0.25) is 6.41 Å². The number of carbonyl (C=O) groups excluding carboxylic acids is 1. The molecule has 1 aliphatic heterocycles. The average molecular weight is 568 g/mol. The number of anilines is 1. The summed E-state index contributed by atoms with van der Waals surface area (Å²) in [6.07, 6.45) is 2.47. The van der Waals surface area contributed by atoms with Gasteiger partial charge in [-0.05, 0) is 56.0 Å². The van der Waals surface area contributed by atoms with Gasteiger partial charge in [0.15, 0.2) is 5.82 Å². The number of halogens is 2.